The highest BCUT2D eigenvalue weighted by Gasteiger charge is 2.37. The van der Waals surface area contributed by atoms with Crippen LogP contribution in [0.25, 0.3) is 5.65 Å². The molecule has 0 amide bonds. The maximum Gasteiger partial charge on any atom is 0.208 e. The van der Waals surface area contributed by atoms with Gasteiger partial charge in [-0.05, 0) is 23.8 Å². The van der Waals surface area contributed by atoms with Crippen molar-refractivity contribution in [3.8, 4) is 0 Å². The van der Waals surface area contributed by atoms with E-state index in [9.17, 15) is 0 Å². The second kappa shape index (κ2) is 2.94. The minimum Gasteiger partial charge on any atom is -0.177 e. The van der Waals surface area contributed by atoms with Crippen LogP contribution in [-0.4, -0.2) is 25.3 Å². The third-order valence-corrected chi connectivity index (χ3v) is 3.14. The number of azo groups is 1. The van der Waals surface area contributed by atoms with Gasteiger partial charge in [-0.15, -0.1) is 14.8 Å². The summed E-state index contributed by atoms with van der Waals surface area (Å²) in [6, 6.07) is 0. The molecule has 8 heteroatoms. The van der Waals surface area contributed by atoms with Crippen molar-refractivity contribution in [2.24, 2.45) is 10.2 Å². The van der Waals surface area contributed by atoms with E-state index in [0.29, 0.717) is 11.3 Å². The molecule has 7 nitrogen and oxygen atoms in total. The van der Waals surface area contributed by atoms with Gasteiger partial charge in [0.25, 0.3) is 0 Å². The quantitative estimate of drug-likeness (QED) is 0.759. The molecule has 16 heavy (non-hydrogen) atoms. The number of hydrogen-bond acceptors (Lipinski definition) is 6. The molecule has 0 saturated carbocycles. The van der Waals surface area contributed by atoms with Crippen LogP contribution in [0.1, 0.15) is 25.8 Å². The average Bonchev–Trinajstić information content (AvgIpc) is 2.84. The van der Waals surface area contributed by atoms with Gasteiger partial charge in [-0.2, -0.15) is 10.2 Å². The zero-order valence-corrected chi connectivity index (χ0v) is 9.47. The highest BCUT2D eigenvalue weighted by molar-refractivity contribution is 6.32. The van der Waals surface area contributed by atoms with Crippen LogP contribution in [0.15, 0.2) is 10.2 Å². The fraction of sp³-hybridized carbons (Fsp3) is 0.500. The molecule has 1 unspecified atom stereocenters. The first-order valence-electron chi connectivity index (χ1n) is 4.87. The summed E-state index contributed by atoms with van der Waals surface area (Å²) < 4.78 is 1.31. The van der Waals surface area contributed by atoms with E-state index in [1.54, 1.807) is 0 Å². The maximum atomic E-state index is 6.01. The standard InChI is InChI=1S/C8H8ClN7/c1-3-8(2)4-5(10-13-8)6(9)12-16-7(4)11-14-15-16/h3H2,1-2H3. The Morgan fingerprint density at radius 1 is 1.44 bits per heavy atom. The molecule has 3 heterocycles. The highest BCUT2D eigenvalue weighted by atomic mass is 35.5. The molecule has 3 rings (SSSR count). The van der Waals surface area contributed by atoms with E-state index in [2.05, 4.69) is 30.9 Å². The topological polar surface area (TPSA) is 80.7 Å². The number of fused-ring (bicyclic) bond motifs is 3. The summed E-state index contributed by atoms with van der Waals surface area (Å²) >= 11 is 6.01. The number of nitrogens with zero attached hydrogens (tertiary/aromatic N) is 7. The minimum absolute atomic E-state index is 0.274. The molecule has 1 aliphatic heterocycles. The molecule has 1 aliphatic rings. The summed E-state index contributed by atoms with van der Waals surface area (Å²) in [6.07, 6.45) is 0.798. The third kappa shape index (κ3) is 1.03. The predicted molar refractivity (Wildman–Crippen MR) is 55.7 cm³/mol. The molecule has 2 aromatic heterocycles. The maximum absolute atomic E-state index is 6.01. The summed E-state index contributed by atoms with van der Waals surface area (Å²) in [6.45, 7) is 4.01. The Labute approximate surface area is 95.5 Å². The Hall–Kier alpha value is -1.63. The van der Waals surface area contributed by atoms with Crippen molar-refractivity contribution >= 4 is 22.9 Å². The van der Waals surface area contributed by atoms with Crippen LogP contribution < -0.4 is 0 Å². The van der Waals surface area contributed by atoms with Gasteiger partial charge in [-0.1, -0.05) is 18.5 Å². The van der Waals surface area contributed by atoms with Crippen molar-refractivity contribution in [1.82, 2.24) is 25.3 Å². The van der Waals surface area contributed by atoms with Crippen LogP contribution in [0.2, 0.25) is 5.15 Å². The zero-order valence-electron chi connectivity index (χ0n) is 8.72. The largest absolute Gasteiger partial charge is 0.208 e. The summed E-state index contributed by atoms with van der Waals surface area (Å²) in [5.41, 5.74) is 1.57. The third-order valence-electron chi connectivity index (χ3n) is 2.89. The second-order valence-corrected chi connectivity index (χ2v) is 4.19. The smallest absolute Gasteiger partial charge is 0.177 e. The van der Waals surface area contributed by atoms with Gasteiger partial charge in [0.1, 0.15) is 11.2 Å². The van der Waals surface area contributed by atoms with Crippen molar-refractivity contribution in [1.29, 1.82) is 0 Å². The summed E-state index contributed by atoms with van der Waals surface area (Å²) in [4.78, 5) is 0. The second-order valence-electron chi connectivity index (χ2n) is 3.83. The average molecular weight is 238 g/mol. The van der Waals surface area contributed by atoms with Crippen molar-refractivity contribution in [3.05, 3.63) is 10.7 Å². The molecular weight excluding hydrogens is 230 g/mol. The molecule has 0 radical (unpaired) electrons. The number of rotatable bonds is 1. The molecule has 0 fully saturated rings. The van der Waals surface area contributed by atoms with Crippen molar-refractivity contribution < 1.29 is 0 Å². The van der Waals surface area contributed by atoms with Crippen molar-refractivity contribution in [2.45, 2.75) is 25.8 Å². The summed E-state index contributed by atoms with van der Waals surface area (Å²) in [5, 5.41) is 23.8. The molecule has 0 aliphatic carbocycles. The number of hydrogen-bond donors (Lipinski definition) is 0. The monoisotopic (exact) mass is 237 g/mol. The van der Waals surface area contributed by atoms with Crippen molar-refractivity contribution in [3.63, 3.8) is 0 Å². The Kier molecular flexibility index (Phi) is 1.76. The van der Waals surface area contributed by atoms with Crippen LogP contribution in [0.5, 0.6) is 0 Å². The first-order chi connectivity index (χ1) is 7.65. The first-order valence-corrected chi connectivity index (χ1v) is 5.25. The molecule has 0 N–H and O–H groups in total. The van der Waals surface area contributed by atoms with Crippen molar-refractivity contribution in [2.75, 3.05) is 0 Å². The van der Waals surface area contributed by atoms with Gasteiger partial charge in [-0.25, -0.2) is 0 Å². The van der Waals surface area contributed by atoms with E-state index in [1.165, 1.54) is 4.63 Å². The Morgan fingerprint density at radius 3 is 3.00 bits per heavy atom. The number of tetrazole rings is 1. The zero-order chi connectivity index (χ0) is 11.3. The normalized spacial score (nSPS) is 22.9. The molecule has 2 aromatic rings. The van der Waals surface area contributed by atoms with E-state index < -0.39 is 5.54 Å². The van der Waals surface area contributed by atoms with Gasteiger partial charge < -0.3 is 0 Å². The number of halogens is 1. The van der Waals surface area contributed by atoms with Crippen LogP contribution in [0, 0.1) is 0 Å². The van der Waals surface area contributed by atoms with E-state index in [4.69, 9.17) is 11.6 Å². The van der Waals surface area contributed by atoms with Crippen LogP contribution in [-0.2, 0) is 5.54 Å². The Morgan fingerprint density at radius 2 is 2.25 bits per heavy atom. The molecule has 0 aromatic carbocycles. The predicted octanol–water partition coefficient (Wildman–Crippen LogP) is 1.90. The molecule has 0 spiro atoms. The minimum atomic E-state index is -0.419. The molecule has 1 atom stereocenters. The van der Waals surface area contributed by atoms with E-state index in [1.807, 2.05) is 13.8 Å². The van der Waals surface area contributed by atoms with Crippen LogP contribution in [0.3, 0.4) is 0 Å². The molecule has 0 saturated heterocycles. The highest BCUT2D eigenvalue weighted by Crippen LogP contribution is 2.46. The lowest BCUT2D eigenvalue weighted by Crippen LogP contribution is -2.16. The molecular formula is C8H8ClN7. The van der Waals surface area contributed by atoms with E-state index in [-0.39, 0.29) is 5.15 Å². The Balaban J connectivity index is 2.44. The van der Waals surface area contributed by atoms with Gasteiger partial charge in [0.15, 0.2) is 5.15 Å². The lowest BCUT2D eigenvalue weighted by molar-refractivity contribution is 0.479. The van der Waals surface area contributed by atoms with Crippen LogP contribution in [0.4, 0.5) is 5.69 Å². The van der Waals surface area contributed by atoms with Gasteiger partial charge in [0.05, 0.1) is 5.56 Å². The fourth-order valence-corrected chi connectivity index (χ4v) is 1.99. The summed E-state index contributed by atoms with van der Waals surface area (Å²) in [5.74, 6) is 0. The fourth-order valence-electron chi connectivity index (χ4n) is 1.78. The van der Waals surface area contributed by atoms with Gasteiger partial charge >= 0.3 is 0 Å². The SMILES string of the molecule is CCC1(C)N=Nc2c(Cl)nn3nnnc3c21. The van der Waals surface area contributed by atoms with Gasteiger partial charge in [0.2, 0.25) is 5.65 Å². The van der Waals surface area contributed by atoms with Gasteiger partial charge in [0, 0.05) is 0 Å². The number of aromatic nitrogens is 5. The van der Waals surface area contributed by atoms with Crippen LogP contribution >= 0.6 is 11.6 Å². The van der Waals surface area contributed by atoms with E-state index >= 15 is 0 Å². The summed E-state index contributed by atoms with van der Waals surface area (Å²) in [7, 11) is 0. The molecule has 82 valence electrons. The first kappa shape index (κ1) is 9.59. The lowest BCUT2D eigenvalue weighted by Gasteiger charge is -2.17. The van der Waals surface area contributed by atoms with Gasteiger partial charge in [-0.3, -0.25) is 0 Å². The molecule has 0 bridgehead atoms. The lowest BCUT2D eigenvalue weighted by atomic mass is 9.91. The van der Waals surface area contributed by atoms with E-state index in [0.717, 1.165) is 12.0 Å². The Bertz CT molecular complexity index is 604.